The van der Waals surface area contributed by atoms with Crippen molar-refractivity contribution in [2.75, 3.05) is 44.2 Å². The molecule has 1 aromatic rings. The molecule has 136 valence electrons. The van der Waals surface area contributed by atoms with Crippen molar-refractivity contribution in [2.45, 2.75) is 45.6 Å². The molecule has 5 heteroatoms. The van der Waals surface area contributed by atoms with Gasteiger partial charge in [-0.1, -0.05) is 0 Å². The molecule has 1 aliphatic carbocycles. The van der Waals surface area contributed by atoms with Gasteiger partial charge in [0.15, 0.2) is 0 Å². The second-order valence-electron chi connectivity index (χ2n) is 7.99. The Morgan fingerprint density at radius 2 is 1.88 bits per heavy atom. The van der Waals surface area contributed by atoms with Crippen LogP contribution in [0.5, 0.6) is 0 Å². The number of amides is 1. The number of hydrogen-bond acceptors (Lipinski definition) is 4. The van der Waals surface area contributed by atoms with Gasteiger partial charge < -0.3 is 9.80 Å². The van der Waals surface area contributed by atoms with Crippen LogP contribution < -0.4 is 4.90 Å². The SMILES string of the molecule is CC(=O)N1CCC[C@H]1c1cc(N2CCN(CC3CC3)CC2)cc(C)n1. The maximum absolute atomic E-state index is 11.9. The third kappa shape index (κ3) is 3.81. The predicted octanol–water partition coefficient (Wildman–Crippen LogP) is 2.61. The van der Waals surface area contributed by atoms with Crippen LogP contribution in [0.1, 0.15) is 50.0 Å². The van der Waals surface area contributed by atoms with Crippen LogP contribution >= 0.6 is 0 Å². The Hall–Kier alpha value is -1.62. The summed E-state index contributed by atoms with van der Waals surface area (Å²) in [6.45, 7) is 10.4. The minimum atomic E-state index is 0.160. The molecule has 1 saturated carbocycles. The number of piperazine rings is 1. The lowest BCUT2D eigenvalue weighted by molar-refractivity contribution is -0.129. The third-order valence-electron chi connectivity index (χ3n) is 5.91. The summed E-state index contributed by atoms with van der Waals surface area (Å²) in [7, 11) is 0. The molecule has 3 heterocycles. The van der Waals surface area contributed by atoms with E-state index in [0.717, 1.165) is 62.9 Å². The Labute approximate surface area is 151 Å². The van der Waals surface area contributed by atoms with Crippen molar-refractivity contribution in [3.05, 3.63) is 23.5 Å². The van der Waals surface area contributed by atoms with Crippen LogP contribution in [0.15, 0.2) is 12.1 Å². The van der Waals surface area contributed by atoms with Crippen LogP contribution in [0.4, 0.5) is 5.69 Å². The van der Waals surface area contributed by atoms with E-state index in [9.17, 15) is 4.79 Å². The zero-order valence-corrected chi connectivity index (χ0v) is 15.6. The largest absolute Gasteiger partial charge is 0.369 e. The highest BCUT2D eigenvalue weighted by Crippen LogP contribution is 2.33. The molecule has 1 atom stereocenters. The molecule has 3 fully saturated rings. The highest BCUT2D eigenvalue weighted by Gasteiger charge is 2.30. The van der Waals surface area contributed by atoms with E-state index in [4.69, 9.17) is 4.98 Å². The lowest BCUT2D eigenvalue weighted by atomic mass is 10.1. The van der Waals surface area contributed by atoms with E-state index in [0.29, 0.717) is 0 Å². The fourth-order valence-electron chi connectivity index (χ4n) is 4.33. The van der Waals surface area contributed by atoms with E-state index in [1.807, 2.05) is 4.90 Å². The molecule has 2 saturated heterocycles. The Balaban J connectivity index is 1.47. The van der Waals surface area contributed by atoms with Crippen molar-refractivity contribution in [3.8, 4) is 0 Å². The molecule has 0 unspecified atom stereocenters. The fourth-order valence-corrected chi connectivity index (χ4v) is 4.33. The quantitative estimate of drug-likeness (QED) is 0.843. The van der Waals surface area contributed by atoms with Gasteiger partial charge in [-0.2, -0.15) is 0 Å². The zero-order chi connectivity index (χ0) is 17.4. The van der Waals surface area contributed by atoms with Gasteiger partial charge in [-0.3, -0.25) is 14.7 Å². The molecule has 0 N–H and O–H groups in total. The molecule has 2 aliphatic heterocycles. The molecule has 1 aromatic heterocycles. The van der Waals surface area contributed by atoms with Crippen LogP contribution in [-0.2, 0) is 4.79 Å². The molecule has 0 bridgehead atoms. The van der Waals surface area contributed by atoms with Gasteiger partial charge in [0, 0.05) is 57.6 Å². The van der Waals surface area contributed by atoms with E-state index in [2.05, 4.69) is 28.9 Å². The first kappa shape index (κ1) is 16.8. The summed E-state index contributed by atoms with van der Waals surface area (Å²) >= 11 is 0. The first-order valence-corrected chi connectivity index (χ1v) is 9.83. The first-order valence-electron chi connectivity index (χ1n) is 9.83. The fraction of sp³-hybridized carbons (Fsp3) is 0.700. The second-order valence-corrected chi connectivity index (χ2v) is 7.99. The van der Waals surface area contributed by atoms with Crippen LogP contribution in [0.25, 0.3) is 0 Å². The topological polar surface area (TPSA) is 39.7 Å². The average Bonchev–Trinajstić information content (AvgIpc) is 3.26. The normalized spacial score (nSPS) is 24.8. The first-order chi connectivity index (χ1) is 12.1. The van der Waals surface area contributed by atoms with Gasteiger partial charge in [-0.05, 0) is 50.7 Å². The van der Waals surface area contributed by atoms with E-state index in [1.165, 1.54) is 25.1 Å². The van der Waals surface area contributed by atoms with Crippen molar-refractivity contribution in [3.63, 3.8) is 0 Å². The van der Waals surface area contributed by atoms with Crippen LogP contribution in [-0.4, -0.2) is 60.0 Å². The molecular formula is C20H30N4O. The van der Waals surface area contributed by atoms with Gasteiger partial charge in [0.2, 0.25) is 5.91 Å². The summed E-state index contributed by atoms with van der Waals surface area (Å²) in [5, 5.41) is 0. The predicted molar refractivity (Wildman–Crippen MR) is 99.7 cm³/mol. The lowest BCUT2D eigenvalue weighted by Crippen LogP contribution is -2.47. The van der Waals surface area contributed by atoms with Gasteiger partial charge >= 0.3 is 0 Å². The maximum atomic E-state index is 11.9. The van der Waals surface area contributed by atoms with Crippen LogP contribution in [0, 0.1) is 12.8 Å². The summed E-state index contributed by atoms with van der Waals surface area (Å²) in [6, 6.07) is 4.59. The van der Waals surface area contributed by atoms with E-state index in [-0.39, 0.29) is 11.9 Å². The van der Waals surface area contributed by atoms with Crippen molar-refractivity contribution in [1.29, 1.82) is 0 Å². The average molecular weight is 342 g/mol. The van der Waals surface area contributed by atoms with Gasteiger partial charge in [0.25, 0.3) is 0 Å². The molecule has 1 amide bonds. The molecule has 4 rings (SSSR count). The Morgan fingerprint density at radius 1 is 1.12 bits per heavy atom. The number of pyridine rings is 1. The lowest BCUT2D eigenvalue weighted by Gasteiger charge is -2.36. The second kappa shape index (κ2) is 6.94. The van der Waals surface area contributed by atoms with Gasteiger partial charge in [0.05, 0.1) is 11.7 Å². The Bertz CT molecular complexity index is 635. The molecule has 5 nitrogen and oxygen atoms in total. The van der Waals surface area contributed by atoms with Crippen molar-refractivity contribution >= 4 is 11.6 Å². The number of hydrogen-bond donors (Lipinski definition) is 0. The maximum Gasteiger partial charge on any atom is 0.220 e. The number of carbonyl (C=O) groups is 1. The van der Waals surface area contributed by atoms with Gasteiger partial charge in [-0.15, -0.1) is 0 Å². The Kier molecular flexibility index (Phi) is 4.67. The number of aryl methyl sites for hydroxylation is 1. The van der Waals surface area contributed by atoms with Gasteiger partial charge in [-0.25, -0.2) is 0 Å². The molecule has 25 heavy (non-hydrogen) atoms. The summed E-state index contributed by atoms with van der Waals surface area (Å²) < 4.78 is 0. The minimum Gasteiger partial charge on any atom is -0.369 e. The summed E-state index contributed by atoms with van der Waals surface area (Å²) in [6.07, 6.45) is 4.97. The number of nitrogens with zero attached hydrogens (tertiary/aromatic N) is 4. The molecule has 3 aliphatic rings. The smallest absolute Gasteiger partial charge is 0.220 e. The highest BCUT2D eigenvalue weighted by molar-refractivity contribution is 5.74. The number of rotatable bonds is 4. The van der Waals surface area contributed by atoms with Crippen molar-refractivity contribution in [2.24, 2.45) is 5.92 Å². The minimum absolute atomic E-state index is 0.160. The summed E-state index contributed by atoms with van der Waals surface area (Å²) in [4.78, 5) is 23.8. The number of likely N-dealkylation sites (tertiary alicyclic amines) is 1. The molecule has 0 spiro atoms. The summed E-state index contributed by atoms with van der Waals surface area (Å²) in [5.74, 6) is 1.14. The van der Waals surface area contributed by atoms with E-state index in [1.54, 1.807) is 6.92 Å². The molecule has 0 radical (unpaired) electrons. The highest BCUT2D eigenvalue weighted by atomic mass is 16.2. The van der Waals surface area contributed by atoms with Gasteiger partial charge in [0.1, 0.15) is 0 Å². The molecule has 0 aromatic carbocycles. The zero-order valence-electron chi connectivity index (χ0n) is 15.6. The number of carbonyl (C=O) groups excluding carboxylic acids is 1. The van der Waals surface area contributed by atoms with Crippen molar-refractivity contribution < 1.29 is 4.79 Å². The Morgan fingerprint density at radius 3 is 2.56 bits per heavy atom. The van der Waals surface area contributed by atoms with E-state index < -0.39 is 0 Å². The van der Waals surface area contributed by atoms with Crippen LogP contribution in [0.2, 0.25) is 0 Å². The summed E-state index contributed by atoms with van der Waals surface area (Å²) in [5.41, 5.74) is 3.41. The number of anilines is 1. The number of aromatic nitrogens is 1. The third-order valence-corrected chi connectivity index (χ3v) is 5.91. The van der Waals surface area contributed by atoms with Crippen LogP contribution in [0.3, 0.4) is 0 Å². The molecular weight excluding hydrogens is 312 g/mol. The van der Waals surface area contributed by atoms with Crippen molar-refractivity contribution in [1.82, 2.24) is 14.8 Å². The van der Waals surface area contributed by atoms with E-state index >= 15 is 0 Å². The standard InChI is InChI=1S/C20H30N4O/c1-15-12-18(23-10-8-22(9-11-23)14-17-5-6-17)13-19(21-15)20-4-3-7-24(20)16(2)25/h12-13,17,20H,3-11,14H2,1-2H3/t20-/m0/s1. The monoisotopic (exact) mass is 342 g/mol.